The zero-order valence-electron chi connectivity index (χ0n) is 13.1. The first kappa shape index (κ1) is 18.7. The highest BCUT2D eigenvalue weighted by Crippen LogP contribution is 2.35. The van der Waals surface area contributed by atoms with Gasteiger partial charge in [0.15, 0.2) is 0 Å². The Morgan fingerprint density at radius 3 is 2.54 bits per heavy atom. The van der Waals surface area contributed by atoms with E-state index in [1.807, 2.05) is 0 Å². The van der Waals surface area contributed by atoms with E-state index in [1.165, 1.54) is 12.1 Å². The number of amides is 3. The van der Waals surface area contributed by atoms with Gasteiger partial charge < -0.3 is 0 Å². The van der Waals surface area contributed by atoms with E-state index < -0.39 is 23.8 Å². The van der Waals surface area contributed by atoms with Crippen molar-refractivity contribution in [2.24, 2.45) is 0 Å². The predicted molar refractivity (Wildman–Crippen MR) is 99.4 cm³/mol. The third-order valence-electron chi connectivity index (χ3n) is 3.77. The monoisotopic (exact) mass is 411 g/mol. The van der Waals surface area contributed by atoms with Gasteiger partial charge in [0, 0.05) is 10.6 Å². The molecular formula is C17H12Cl3N3O3. The molecule has 0 spiro atoms. The molecule has 1 aliphatic heterocycles. The molecule has 2 aromatic carbocycles. The highest BCUT2D eigenvalue weighted by atomic mass is 35.5. The Kier molecular flexibility index (Phi) is 5.48. The van der Waals surface area contributed by atoms with E-state index in [9.17, 15) is 14.4 Å². The van der Waals surface area contributed by atoms with Gasteiger partial charge in [0.25, 0.3) is 11.8 Å². The summed E-state index contributed by atoms with van der Waals surface area (Å²) in [6, 6.07) is 10.1. The first-order valence-electron chi connectivity index (χ1n) is 7.50. The fourth-order valence-electron chi connectivity index (χ4n) is 2.52. The standard InChI is InChI=1S/C17H12Cl3N3O3/c18-10-4-1-3-9(7-10)16(25)22-21-12-8-14(24)23(17(12)26)13-6-2-5-11(19)15(13)20/h1-7,12,21H,8H2,(H,22,25)/t12-/m0/s1. The molecule has 0 aliphatic carbocycles. The van der Waals surface area contributed by atoms with Gasteiger partial charge in [-0.15, -0.1) is 0 Å². The normalized spacial score (nSPS) is 16.9. The molecule has 0 unspecified atom stereocenters. The molecule has 26 heavy (non-hydrogen) atoms. The molecular weight excluding hydrogens is 401 g/mol. The van der Waals surface area contributed by atoms with Gasteiger partial charge in [-0.25, -0.2) is 10.3 Å². The number of carbonyl (C=O) groups excluding carboxylic acids is 3. The van der Waals surface area contributed by atoms with Crippen LogP contribution in [-0.2, 0) is 9.59 Å². The van der Waals surface area contributed by atoms with Crippen LogP contribution in [-0.4, -0.2) is 23.8 Å². The average Bonchev–Trinajstić information content (AvgIpc) is 2.89. The minimum absolute atomic E-state index is 0.111. The Labute approximate surface area is 164 Å². The molecule has 0 aromatic heterocycles. The summed E-state index contributed by atoms with van der Waals surface area (Å²) in [5.74, 6) is -1.47. The van der Waals surface area contributed by atoms with Crippen molar-refractivity contribution in [2.75, 3.05) is 4.90 Å². The highest BCUT2D eigenvalue weighted by Gasteiger charge is 2.40. The Bertz CT molecular complexity index is 904. The summed E-state index contributed by atoms with van der Waals surface area (Å²) in [5, 5.41) is 0.751. The molecule has 0 saturated carbocycles. The molecule has 1 aliphatic rings. The lowest BCUT2D eigenvalue weighted by molar-refractivity contribution is -0.121. The largest absolute Gasteiger partial charge is 0.287 e. The summed E-state index contributed by atoms with van der Waals surface area (Å²) >= 11 is 17.9. The second kappa shape index (κ2) is 7.63. The Balaban J connectivity index is 1.71. The second-order valence-electron chi connectivity index (χ2n) is 5.51. The predicted octanol–water partition coefficient (Wildman–Crippen LogP) is 3.21. The SMILES string of the molecule is O=C(NN[C@H]1CC(=O)N(c2cccc(Cl)c2Cl)C1=O)c1cccc(Cl)c1. The summed E-state index contributed by atoms with van der Waals surface area (Å²) in [6.07, 6.45) is -0.127. The Morgan fingerprint density at radius 1 is 1.08 bits per heavy atom. The van der Waals surface area contributed by atoms with E-state index in [2.05, 4.69) is 10.9 Å². The summed E-state index contributed by atoms with van der Waals surface area (Å²) in [7, 11) is 0. The van der Waals surface area contributed by atoms with Crippen LogP contribution in [0.5, 0.6) is 0 Å². The lowest BCUT2D eigenvalue weighted by Gasteiger charge is -2.17. The van der Waals surface area contributed by atoms with Crippen molar-refractivity contribution in [3.8, 4) is 0 Å². The number of hydrogen-bond acceptors (Lipinski definition) is 4. The van der Waals surface area contributed by atoms with Gasteiger partial charge in [-0.3, -0.25) is 19.8 Å². The molecule has 1 saturated heterocycles. The summed E-state index contributed by atoms with van der Waals surface area (Å²) in [5.41, 5.74) is 5.52. The molecule has 6 nitrogen and oxygen atoms in total. The zero-order valence-corrected chi connectivity index (χ0v) is 15.4. The molecule has 1 heterocycles. The van der Waals surface area contributed by atoms with Crippen LogP contribution in [0.4, 0.5) is 5.69 Å². The number of anilines is 1. The molecule has 0 radical (unpaired) electrons. The topological polar surface area (TPSA) is 78.5 Å². The number of nitrogens with zero attached hydrogens (tertiary/aromatic N) is 1. The van der Waals surface area contributed by atoms with Gasteiger partial charge in [0.1, 0.15) is 6.04 Å². The first-order valence-corrected chi connectivity index (χ1v) is 8.64. The maximum atomic E-state index is 12.6. The van der Waals surface area contributed by atoms with Gasteiger partial charge in [0.05, 0.1) is 22.2 Å². The van der Waals surface area contributed by atoms with Crippen LogP contribution < -0.4 is 15.8 Å². The second-order valence-corrected chi connectivity index (χ2v) is 6.73. The van der Waals surface area contributed by atoms with E-state index in [1.54, 1.807) is 30.3 Å². The molecule has 0 bridgehead atoms. The number of rotatable bonds is 4. The van der Waals surface area contributed by atoms with Crippen LogP contribution in [0, 0.1) is 0 Å². The van der Waals surface area contributed by atoms with Gasteiger partial charge in [0.2, 0.25) is 5.91 Å². The molecule has 3 amide bonds. The van der Waals surface area contributed by atoms with E-state index in [-0.39, 0.29) is 22.2 Å². The number of halogens is 3. The van der Waals surface area contributed by atoms with Crippen molar-refractivity contribution in [3.63, 3.8) is 0 Å². The van der Waals surface area contributed by atoms with Gasteiger partial charge in [-0.2, -0.15) is 0 Å². The Morgan fingerprint density at radius 2 is 1.81 bits per heavy atom. The van der Waals surface area contributed by atoms with Gasteiger partial charge in [-0.05, 0) is 30.3 Å². The number of hydrogen-bond donors (Lipinski definition) is 2. The van der Waals surface area contributed by atoms with Crippen molar-refractivity contribution >= 4 is 58.2 Å². The smallest absolute Gasteiger partial charge is 0.265 e. The van der Waals surface area contributed by atoms with E-state index >= 15 is 0 Å². The lowest BCUT2D eigenvalue weighted by Crippen LogP contribution is -2.48. The summed E-state index contributed by atoms with van der Waals surface area (Å²) in [4.78, 5) is 37.9. The summed E-state index contributed by atoms with van der Waals surface area (Å²) in [6.45, 7) is 0. The van der Waals surface area contributed by atoms with Crippen molar-refractivity contribution in [1.29, 1.82) is 0 Å². The number of nitrogens with one attached hydrogen (secondary N) is 2. The van der Waals surface area contributed by atoms with Crippen LogP contribution in [0.15, 0.2) is 42.5 Å². The van der Waals surface area contributed by atoms with Crippen molar-refractivity contribution in [1.82, 2.24) is 10.9 Å². The van der Waals surface area contributed by atoms with Crippen LogP contribution in [0.1, 0.15) is 16.8 Å². The third kappa shape index (κ3) is 3.68. The fraction of sp³-hybridized carbons (Fsp3) is 0.118. The number of imide groups is 1. The lowest BCUT2D eigenvalue weighted by atomic mass is 10.2. The van der Waals surface area contributed by atoms with E-state index in [0.717, 1.165) is 4.90 Å². The maximum absolute atomic E-state index is 12.6. The van der Waals surface area contributed by atoms with Gasteiger partial charge >= 0.3 is 0 Å². The molecule has 3 rings (SSSR count). The molecule has 9 heteroatoms. The van der Waals surface area contributed by atoms with Crippen molar-refractivity contribution in [3.05, 3.63) is 63.1 Å². The molecule has 1 fully saturated rings. The summed E-state index contributed by atoms with van der Waals surface area (Å²) < 4.78 is 0. The number of benzene rings is 2. The highest BCUT2D eigenvalue weighted by molar-refractivity contribution is 6.45. The van der Waals surface area contributed by atoms with Crippen molar-refractivity contribution < 1.29 is 14.4 Å². The number of hydrazine groups is 1. The zero-order chi connectivity index (χ0) is 18.8. The van der Waals surface area contributed by atoms with Crippen LogP contribution in [0.25, 0.3) is 0 Å². The quantitative estimate of drug-likeness (QED) is 0.597. The molecule has 1 atom stereocenters. The van der Waals surface area contributed by atoms with Crippen LogP contribution >= 0.6 is 34.8 Å². The molecule has 2 aromatic rings. The van der Waals surface area contributed by atoms with E-state index in [4.69, 9.17) is 34.8 Å². The van der Waals surface area contributed by atoms with Gasteiger partial charge in [-0.1, -0.05) is 46.9 Å². The minimum atomic E-state index is -0.916. The fourth-order valence-corrected chi connectivity index (χ4v) is 3.09. The number of carbonyl (C=O) groups is 3. The average molecular weight is 413 g/mol. The third-order valence-corrected chi connectivity index (χ3v) is 4.81. The first-order chi connectivity index (χ1) is 12.4. The van der Waals surface area contributed by atoms with Crippen molar-refractivity contribution in [2.45, 2.75) is 12.5 Å². The Hall–Kier alpha value is -2.12. The maximum Gasteiger partial charge on any atom is 0.265 e. The minimum Gasteiger partial charge on any atom is -0.287 e. The van der Waals surface area contributed by atoms with Crippen LogP contribution in [0.2, 0.25) is 15.1 Å². The molecule has 134 valence electrons. The molecule has 2 N–H and O–H groups in total. The van der Waals surface area contributed by atoms with E-state index in [0.29, 0.717) is 10.6 Å². The van der Waals surface area contributed by atoms with Crippen LogP contribution in [0.3, 0.4) is 0 Å².